The summed E-state index contributed by atoms with van der Waals surface area (Å²) in [7, 11) is 0. The molecule has 4 amide bonds. The second-order valence-electron chi connectivity index (χ2n) is 11.1. The molecule has 0 unspecified atom stereocenters. The summed E-state index contributed by atoms with van der Waals surface area (Å²) in [6.45, 7) is 4.55. The van der Waals surface area contributed by atoms with Gasteiger partial charge < -0.3 is 4.57 Å². The molecular weight excluding hydrogens is 534 g/mol. The fraction of sp³-hybridized carbons (Fsp3) is 0.270. The van der Waals surface area contributed by atoms with E-state index in [-0.39, 0.29) is 18.7 Å². The number of rotatable bonds is 12. The summed E-state index contributed by atoms with van der Waals surface area (Å²) < 4.78 is 2.11. The Morgan fingerprint density at radius 2 is 1.07 bits per heavy atom. The summed E-state index contributed by atoms with van der Waals surface area (Å²) in [4.78, 5) is 43.6. The highest BCUT2D eigenvalue weighted by atomic mass is 16.2. The number of imide groups is 2. The number of carbonyl (C=O) groups excluding carboxylic acids is 3. The molecular formula is C37H39N3O3. The normalized spacial score (nSPS) is 13.6. The van der Waals surface area contributed by atoms with Crippen LogP contribution in [0.15, 0.2) is 103 Å². The van der Waals surface area contributed by atoms with E-state index in [0.717, 1.165) is 48.3 Å². The van der Waals surface area contributed by atoms with Crippen molar-refractivity contribution in [2.24, 2.45) is 0 Å². The van der Waals surface area contributed by atoms with Crippen LogP contribution in [0.1, 0.15) is 53.8 Å². The number of urea groups is 1. The minimum atomic E-state index is -0.514. The van der Waals surface area contributed by atoms with Gasteiger partial charge in [0.2, 0.25) is 0 Å². The Labute approximate surface area is 254 Å². The van der Waals surface area contributed by atoms with Crippen LogP contribution in [0.3, 0.4) is 0 Å². The van der Waals surface area contributed by atoms with Gasteiger partial charge in [-0.2, -0.15) is 0 Å². The largest absolute Gasteiger partial charge is 0.333 e. The summed E-state index contributed by atoms with van der Waals surface area (Å²) in [5.41, 5.74) is 6.22. The second kappa shape index (κ2) is 14.0. The molecule has 220 valence electrons. The molecule has 0 N–H and O–H groups in total. The van der Waals surface area contributed by atoms with Crippen LogP contribution < -0.4 is 0 Å². The van der Waals surface area contributed by atoms with Gasteiger partial charge in [-0.25, -0.2) is 4.79 Å². The first-order chi connectivity index (χ1) is 20.9. The van der Waals surface area contributed by atoms with Gasteiger partial charge >= 0.3 is 6.03 Å². The Hall–Kier alpha value is -4.71. The maximum Gasteiger partial charge on any atom is 0.333 e. The lowest BCUT2D eigenvalue weighted by atomic mass is 10.0. The molecule has 1 aliphatic rings. The van der Waals surface area contributed by atoms with Crippen molar-refractivity contribution in [2.75, 3.05) is 13.1 Å². The van der Waals surface area contributed by atoms with Gasteiger partial charge in [-0.05, 0) is 93.3 Å². The first-order valence-corrected chi connectivity index (χ1v) is 15.2. The number of unbranched alkanes of at least 4 members (excludes halogenated alkanes) is 2. The van der Waals surface area contributed by atoms with E-state index in [2.05, 4.69) is 28.8 Å². The summed E-state index contributed by atoms with van der Waals surface area (Å²) in [6, 6.07) is 31.8. The van der Waals surface area contributed by atoms with E-state index >= 15 is 0 Å². The Morgan fingerprint density at radius 3 is 1.56 bits per heavy atom. The summed E-state index contributed by atoms with van der Waals surface area (Å²) in [5, 5.41) is 0. The summed E-state index contributed by atoms with van der Waals surface area (Å²) in [5.74, 6) is -1.03. The van der Waals surface area contributed by atoms with Gasteiger partial charge in [0.15, 0.2) is 0 Å². The van der Waals surface area contributed by atoms with Crippen molar-refractivity contribution in [3.63, 3.8) is 0 Å². The predicted octanol–water partition coefficient (Wildman–Crippen LogP) is 7.31. The topological polar surface area (TPSA) is 62.6 Å². The van der Waals surface area contributed by atoms with Crippen LogP contribution >= 0.6 is 0 Å². The molecule has 2 heterocycles. The van der Waals surface area contributed by atoms with Crippen molar-refractivity contribution < 1.29 is 14.4 Å². The number of aryl methyl sites for hydroxylation is 3. The minimum Gasteiger partial charge on any atom is -0.318 e. The van der Waals surface area contributed by atoms with Crippen LogP contribution in [-0.2, 0) is 22.4 Å². The van der Waals surface area contributed by atoms with Gasteiger partial charge in [0.1, 0.15) is 5.57 Å². The molecule has 3 aromatic carbocycles. The van der Waals surface area contributed by atoms with Crippen LogP contribution in [0.4, 0.5) is 4.79 Å². The van der Waals surface area contributed by atoms with E-state index in [9.17, 15) is 14.4 Å². The zero-order valence-electron chi connectivity index (χ0n) is 25.0. The van der Waals surface area contributed by atoms with Crippen molar-refractivity contribution >= 4 is 23.9 Å². The van der Waals surface area contributed by atoms with Gasteiger partial charge in [-0.15, -0.1) is 0 Å². The number of barbiturate groups is 1. The smallest absolute Gasteiger partial charge is 0.318 e. The number of aromatic nitrogens is 1. The molecule has 4 aromatic rings. The second-order valence-corrected chi connectivity index (χ2v) is 11.1. The standard InChI is InChI=1S/C37H39N3O3/c1-28-26-32(29(2)40(28)33-22-10-5-11-23-33)27-34-35(41)38(24-14-12-20-30-16-6-3-7-17-30)37(43)39(36(34)42)25-15-13-21-31-18-8-4-9-19-31/h3-11,16-19,22-23,26-27H,12-15,20-21,24-25H2,1-2H3. The van der Waals surface area contributed by atoms with Crippen LogP contribution in [0, 0.1) is 13.8 Å². The number of carbonyl (C=O) groups is 3. The van der Waals surface area contributed by atoms with E-state index < -0.39 is 17.8 Å². The van der Waals surface area contributed by atoms with Crippen LogP contribution in [0.25, 0.3) is 11.8 Å². The fourth-order valence-corrected chi connectivity index (χ4v) is 5.77. The molecule has 1 aromatic heterocycles. The lowest BCUT2D eigenvalue weighted by molar-refractivity contribution is -0.135. The summed E-state index contributed by atoms with van der Waals surface area (Å²) >= 11 is 0. The third-order valence-electron chi connectivity index (χ3n) is 8.08. The molecule has 6 heteroatoms. The predicted molar refractivity (Wildman–Crippen MR) is 171 cm³/mol. The molecule has 0 saturated carbocycles. The molecule has 0 aliphatic carbocycles. The number of hydrogen-bond donors (Lipinski definition) is 0. The maximum atomic E-state index is 13.7. The third kappa shape index (κ3) is 7.03. The Kier molecular flexibility index (Phi) is 9.67. The Bertz CT molecular complexity index is 1520. The van der Waals surface area contributed by atoms with E-state index in [0.29, 0.717) is 12.8 Å². The van der Waals surface area contributed by atoms with E-state index in [4.69, 9.17) is 0 Å². The molecule has 0 radical (unpaired) electrons. The van der Waals surface area contributed by atoms with Crippen LogP contribution in [-0.4, -0.2) is 45.3 Å². The highest BCUT2D eigenvalue weighted by molar-refractivity contribution is 6.30. The zero-order chi connectivity index (χ0) is 30.2. The first kappa shape index (κ1) is 29.8. The third-order valence-corrected chi connectivity index (χ3v) is 8.08. The summed E-state index contributed by atoms with van der Waals surface area (Å²) in [6.07, 6.45) is 6.41. The molecule has 1 fully saturated rings. The molecule has 1 aliphatic heterocycles. The van der Waals surface area contributed by atoms with E-state index in [1.54, 1.807) is 6.08 Å². The lowest BCUT2D eigenvalue weighted by Gasteiger charge is -2.34. The van der Waals surface area contributed by atoms with Crippen molar-refractivity contribution in [3.05, 3.63) is 131 Å². The number of hydrogen-bond acceptors (Lipinski definition) is 3. The number of nitrogens with zero attached hydrogens (tertiary/aromatic N) is 3. The monoisotopic (exact) mass is 573 g/mol. The minimum absolute atomic E-state index is 0.0408. The molecule has 0 bridgehead atoms. The average Bonchev–Trinajstić information content (AvgIpc) is 3.31. The van der Waals surface area contributed by atoms with Crippen molar-refractivity contribution in [1.82, 2.24) is 14.4 Å². The molecule has 5 rings (SSSR count). The van der Waals surface area contributed by atoms with E-state index in [1.165, 1.54) is 20.9 Å². The molecule has 0 spiro atoms. The zero-order valence-corrected chi connectivity index (χ0v) is 25.0. The quantitative estimate of drug-likeness (QED) is 0.101. The van der Waals surface area contributed by atoms with E-state index in [1.807, 2.05) is 86.6 Å². The maximum absolute atomic E-state index is 13.7. The van der Waals surface area contributed by atoms with Gasteiger partial charge in [0.05, 0.1) is 0 Å². The van der Waals surface area contributed by atoms with Crippen LogP contribution in [0.5, 0.6) is 0 Å². The number of para-hydroxylation sites is 1. The van der Waals surface area contributed by atoms with Gasteiger partial charge in [-0.1, -0.05) is 78.9 Å². The number of benzene rings is 3. The fourth-order valence-electron chi connectivity index (χ4n) is 5.77. The van der Waals surface area contributed by atoms with Crippen molar-refractivity contribution in [2.45, 2.75) is 52.4 Å². The first-order valence-electron chi connectivity index (χ1n) is 15.2. The van der Waals surface area contributed by atoms with Gasteiger partial charge in [-0.3, -0.25) is 19.4 Å². The molecule has 6 nitrogen and oxygen atoms in total. The molecule has 0 atom stereocenters. The molecule has 43 heavy (non-hydrogen) atoms. The van der Waals surface area contributed by atoms with Gasteiger partial charge in [0.25, 0.3) is 11.8 Å². The SMILES string of the molecule is Cc1cc(C=C2C(=O)N(CCCCc3ccccc3)C(=O)N(CCCCc3ccccc3)C2=O)c(C)n1-c1ccccc1. The highest BCUT2D eigenvalue weighted by Gasteiger charge is 2.41. The Balaban J connectivity index is 1.36. The van der Waals surface area contributed by atoms with Crippen molar-refractivity contribution in [1.29, 1.82) is 0 Å². The average molecular weight is 574 g/mol. The highest BCUT2D eigenvalue weighted by Crippen LogP contribution is 2.26. The Morgan fingerprint density at radius 1 is 0.605 bits per heavy atom. The lowest BCUT2D eigenvalue weighted by Crippen LogP contribution is -2.56. The van der Waals surface area contributed by atoms with Gasteiger partial charge in [0, 0.05) is 30.2 Å². The van der Waals surface area contributed by atoms with Crippen molar-refractivity contribution in [3.8, 4) is 5.69 Å². The molecule has 1 saturated heterocycles. The van der Waals surface area contributed by atoms with Crippen LogP contribution in [0.2, 0.25) is 0 Å². The number of amides is 4.